The molecule has 0 fully saturated rings. The van der Waals surface area contributed by atoms with Gasteiger partial charge in [0.25, 0.3) is 5.91 Å². The molecular weight excluding hydrogens is 429 g/mol. The van der Waals surface area contributed by atoms with E-state index in [1.807, 2.05) is 13.8 Å². The Bertz CT molecular complexity index is 887. The first-order valence-corrected chi connectivity index (χ1v) is 9.41. The number of anilines is 1. The van der Waals surface area contributed by atoms with E-state index in [9.17, 15) is 14.0 Å². The highest BCUT2D eigenvalue weighted by molar-refractivity contribution is 9.10. The zero-order valence-electron chi connectivity index (χ0n) is 15.7. The third kappa shape index (κ3) is 6.16. The Morgan fingerprint density at radius 3 is 2.50 bits per heavy atom. The molecular formula is C20H21BrFN3O3. The molecule has 0 saturated heterocycles. The van der Waals surface area contributed by atoms with Gasteiger partial charge in [-0.1, -0.05) is 12.1 Å². The fraction of sp³-hybridized carbons (Fsp3) is 0.250. The molecule has 2 rings (SSSR count). The minimum atomic E-state index is -1.05. The molecule has 2 N–H and O–H groups in total. The Hall–Kier alpha value is -2.74. The molecule has 0 aromatic heterocycles. The summed E-state index contributed by atoms with van der Waals surface area (Å²) in [6, 6.07) is 11.1. The second-order valence-electron chi connectivity index (χ2n) is 6.28. The third-order valence-corrected chi connectivity index (χ3v) is 4.24. The number of nitrogens with zero attached hydrogens (tertiary/aromatic N) is 1. The molecule has 0 aliphatic rings. The average Bonchev–Trinajstić information content (AvgIpc) is 2.64. The summed E-state index contributed by atoms with van der Waals surface area (Å²) in [6.07, 6.45) is 1.50. The number of ether oxygens (including phenoxy) is 1. The molecule has 0 spiro atoms. The Kier molecular flexibility index (Phi) is 7.69. The van der Waals surface area contributed by atoms with Crippen LogP contribution in [0.25, 0.3) is 0 Å². The molecule has 0 radical (unpaired) electrons. The number of halogens is 2. The topological polar surface area (TPSA) is 79.8 Å². The number of amides is 2. The molecule has 6 nitrogen and oxygen atoms in total. The van der Waals surface area contributed by atoms with Gasteiger partial charge in [-0.3, -0.25) is 9.59 Å². The summed E-state index contributed by atoms with van der Waals surface area (Å²) < 4.78 is 20.0. The lowest BCUT2D eigenvalue weighted by molar-refractivity contribution is -0.131. The Labute approximate surface area is 171 Å². The van der Waals surface area contributed by atoms with Crippen LogP contribution in [0, 0.1) is 11.7 Å². The van der Waals surface area contributed by atoms with Crippen LogP contribution in [0.4, 0.5) is 10.1 Å². The number of hydrazone groups is 1. The van der Waals surface area contributed by atoms with Crippen molar-refractivity contribution in [1.29, 1.82) is 0 Å². The highest BCUT2D eigenvalue weighted by Gasteiger charge is 2.22. The van der Waals surface area contributed by atoms with E-state index in [0.29, 0.717) is 5.75 Å². The highest BCUT2D eigenvalue weighted by Crippen LogP contribution is 2.26. The molecule has 1 unspecified atom stereocenters. The van der Waals surface area contributed by atoms with E-state index >= 15 is 0 Å². The van der Waals surface area contributed by atoms with Gasteiger partial charge in [-0.15, -0.1) is 0 Å². The summed E-state index contributed by atoms with van der Waals surface area (Å²) in [5, 5.41) is 6.24. The molecule has 2 amide bonds. The van der Waals surface area contributed by atoms with Crippen molar-refractivity contribution in [3.63, 3.8) is 0 Å². The number of benzene rings is 2. The van der Waals surface area contributed by atoms with Gasteiger partial charge >= 0.3 is 0 Å². The highest BCUT2D eigenvalue weighted by atomic mass is 79.9. The summed E-state index contributed by atoms with van der Waals surface area (Å²) in [6.45, 7) is 5.28. The quantitative estimate of drug-likeness (QED) is 0.379. The zero-order chi connectivity index (χ0) is 20.7. The summed E-state index contributed by atoms with van der Waals surface area (Å²) in [5.74, 6) is -2.16. The van der Waals surface area contributed by atoms with Crippen LogP contribution in [-0.2, 0) is 9.59 Å². The van der Waals surface area contributed by atoms with Crippen molar-refractivity contribution in [2.45, 2.75) is 26.9 Å². The van der Waals surface area contributed by atoms with Gasteiger partial charge in [-0.25, -0.2) is 9.82 Å². The van der Waals surface area contributed by atoms with Crippen LogP contribution in [0.2, 0.25) is 0 Å². The molecule has 2 aromatic rings. The van der Waals surface area contributed by atoms with Crippen molar-refractivity contribution >= 4 is 39.6 Å². The third-order valence-electron chi connectivity index (χ3n) is 3.63. The number of para-hydroxylation sites is 1. The van der Waals surface area contributed by atoms with Crippen molar-refractivity contribution in [2.24, 2.45) is 11.0 Å². The number of hydrogen-bond acceptors (Lipinski definition) is 4. The van der Waals surface area contributed by atoms with Crippen molar-refractivity contribution < 1.29 is 18.7 Å². The van der Waals surface area contributed by atoms with E-state index in [-0.39, 0.29) is 11.8 Å². The van der Waals surface area contributed by atoms with E-state index in [2.05, 4.69) is 31.8 Å². The Balaban J connectivity index is 1.92. The first-order chi connectivity index (χ1) is 13.3. The molecule has 0 heterocycles. The second kappa shape index (κ2) is 9.98. The van der Waals surface area contributed by atoms with E-state index in [1.54, 1.807) is 24.3 Å². The maximum atomic E-state index is 13.6. The van der Waals surface area contributed by atoms with Gasteiger partial charge in [-0.05, 0) is 72.6 Å². The maximum Gasteiger partial charge on any atom is 0.252 e. The average molecular weight is 450 g/mol. The summed E-state index contributed by atoms with van der Waals surface area (Å²) >= 11 is 3.42. The lowest BCUT2D eigenvalue weighted by Crippen LogP contribution is -2.34. The van der Waals surface area contributed by atoms with Crippen LogP contribution >= 0.6 is 15.9 Å². The predicted octanol–water partition coefficient (Wildman–Crippen LogP) is 4.10. The first kappa shape index (κ1) is 21.6. The van der Waals surface area contributed by atoms with Gasteiger partial charge in [0.1, 0.15) is 17.5 Å². The van der Waals surface area contributed by atoms with Crippen molar-refractivity contribution in [2.75, 3.05) is 5.32 Å². The monoisotopic (exact) mass is 449 g/mol. The number of carbonyl (C=O) groups is 2. The summed E-state index contributed by atoms with van der Waals surface area (Å²) in [7, 11) is 0. The van der Waals surface area contributed by atoms with Gasteiger partial charge in [0.15, 0.2) is 0 Å². The molecule has 0 aliphatic carbocycles. The molecule has 0 aliphatic heterocycles. The number of carbonyl (C=O) groups excluding carboxylic acids is 2. The molecule has 148 valence electrons. The van der Waals surface area contributed by atoms with Crippen LogP contribution in [0.15, 0.2) is 52.0 Å². The van der Waals surface area contributed by atoms with Crippen molar-refractivity contribution in [3.8, 4) is 5.75 Å². The molecule has 28 heavy (non-hydrogen) atoms. The van der Waals surface area contributed by atoms with Crippen LogP contribution in [0.1, 0.15) is 26.3 Å². The zero-order valence-corrected chi connectivity index (χ0v) is 17.3. The summed E-state index contributed by atoms with van der Waals surface area (Å²) in [5.41, 5.74) is 3.05. The lowest BCUT2D eigenvalue weighted by Gasteiger charge is -2.12. The SMILES string of the molecule is CC(C)Oc1ccc(C=NNC(=O)C(C)C(=O)Nc2ccccc2F)cc1Br. The van der Waals surface area contributed by atoms with Gasteiger partial charge in [0.05, 0.1) is 22.5 Å². The van der Waals surface area contributed by atoms with E-state index in [1.165, 1.54) is 31.3 Å². The van der Waals surface area contributed by atoms with E-state index in [4.69, 9.17) is 4.74 Å². The normalized spacial score (nSPS) is 12.1. The predicted molar refractivity (Wildman–Crippen MR) is 110 cm³/mol. The molecule has 0 saturated carbocycles. The maximum absolute atomic E-state index is 13.6. The Morgan fingerprint density at radius 1 is 1.14 bits per heavy atom. The standard InChI is InChI=1S/C20H21BrFN3O3/c1-12(2)28-18-9-8-14(10-15(18)21)11-23-25-20(27)13(3)19(26)24-17-7-5-4-6-16(17)22/h4-13H,1-3H3,(H,24,26)(H,25,27). The fourth-order valence-electron chi connectivity index (χ4n) is 2.14. The smallest absolute Gasteiger partial charge is 0.252 e. The van der Waals surface area contributed by atoms with Crippen LogP contribution in [-0.4, -0.2) is 24.1 Å². The molecule has 1 atom stereocenters. The van der Waals surface area contributed by atoms with Gasteiger partial charge in [0, 0.05) is 0 Å². The van der Waals surface area contributed by atoms with E-state index in [0.717, 1.165) is 10.0 Å². The number of rotatable bonds is 7. The second-order valence-corrected chi connectivity index (χ2v) is 7.14. The van der Waals surface area contributed by atoms with Gasteiger partial charge in [0.2, 0.25) is 5.91 Å². The molecule has 0 bridgehead atoms. The van der Waals surface area contributed by atoms with Crippen LogP contribution in [0.3, 0.4) is 0 Å². The van der Waals surface area contributed by atoms with E-state index < -0.39 is 23.5 Å². The largest absolute Gasteiger partial charge is 0.490 e. The number of nitrogens with one attached hydrogen (secondary N) is 2. The summed E-state index contributed by atoms with van der Waals surface area (Å²) in [4.78, 5) is 24.2. The molecule has 2 aromatic carbocycles. The lowest BCUT2D eigenvalue weighted by atomic mass is 10.1. The van der Waals surface area contributed by atoms with Crippen LogP contribution < -0.4 is 15.5 Å². The Morgan fingerprint density at radius 2 is 1.86 bits per heavy atom. The minimum absolute atomic E-state index is 0.0178. The van der Waals surface area contributed by atoms with Crippen LogP contribution in [0.5, 0.6) is 5.75 Å². The van der Waals surface area contributed by atoms with Crippen molar-refractivity contribution in [3.05, 3.63) is 58.3 Å². The minimum Gasteiger partial charge on any atom is -0.490 e. The van der Waals surface area contributed by atoms with Gasteiger partial charge < -0.3 is 10.1 Å². The fourth-order valence-corrected chi connectivity index (χ4v) is 2.63. The van der Waals surface area contributed by atoms with Crippen molar-refractivity contribution in [1.82, 2.24) is 5.43 Å². The van der Waals surface area contributed by atoms with Gasteiger partial charge in [-0.2, -0.15) is 5.10 Å². The molecule has 8 heteroatoms. The first-order valence-electron chi connectivity index (χ1n) is 8.62. The number of hydrogen-bond donors (Lipinski definition) is 2.